The molecule has 38 heavy (non-hydrogen) atoms. The smallest absolute Gasteiger partial charge is 0.288 e. The van der Waals surface area contributed by atoms with Gasteiger partial charge < -0.3 is 14.2 Å². The first-order valence-electron chi connectivity index (χ1n) is 14.4. The lowest BCUT2D eigenvalue weighted by Gasteiger charge is -2.40. The van der Waals surface area contributed by atoms with E-state index in [0.717, 1.165) is 34.6 Å². The van der Waals surface area contributed by atoms with Crippen molar-refractivity contribution in [2.24, 2.45) is 17.8 Å². The van der Waals surface area contributed by atoms with Crippen LogP contribution in [0.4, 0.5) is 0 Å². The van der Waals surface area contributed by atoms with E-state index in [1.165, 1.54) is 24.0 Å². The van der Waals surface area contributed by atoms with Crippen LogP contribution in [0.5, 0.6) is 11.5 Å². The zero-order valence-corrected chi connectivity index (χ0v) is 24.2. The Kier molecular flexibility index (Phi) is 7.35. The minimum Gasteiger partial charge on any atom is -0.449 e. The predicted octanol–water partition coefficient (Wildman–Crippen LogP) is 8.85. The van der Waals surface area contributed by atoms with Crippen molar-refractivity contribution in [1.82, 2.24) is 0 Å². The summed E-state index contributed by atoms with van der Waals surface area (Å²) >= 11 is 0. The molecule has 4 atom stereocenters. The topological polar surface area (TPSA) is 27.7 Å². The summed E-state index contributed by atoms with van der Waals surface area (Å²) in [6.45, 7) is 15.6. The van der Waals surface area contributed by atoms with E-state index in [4.69, 9.17) is 14.2 Å². The zero-order chi connectivity index (χ0) is 27.1. The van der Waals surface area contributed by atoms with Crippen LogP contribution < -0.4 is 9.47 Å². The van der Waals surface area contributed by atoms with Crippen LogP contribution in [0.3, 0.4) is 0 Å². The maximum absolute atomic E-state index is 7.37. The molecule has 0 spiro atoms. The lowest BCUT2D eigenvalue weighted by Crippen LogP contribution is -2.43. The fraction of sp³-hybridized carbons (Fsp3) is 0.486. The minimum atomic E-state index is -0.965. The molecule has 3 nitrogen and oxygen atoms in total. The van der Waals surface area contributed by atoms with E-state index in [-0.39, 0.29) is 6.10 Å². The lowest BCUT2D eigenvalue weighted by molar-refractivity contribution is -0.167. The molecule has 3 heteroatoms. The van der Waals surface area contributed by atoms with Gasteiger partial charge in [0.1, 0.15) is 11.5 Å². The second kappa shape index (κ2) is 10.4. The molecule has 2 fully saturated rings. The standard InChI is InChI=1S/C35H44O3/c1-23(2)30-20-19-24(3)21-33(30)36-34(29-15-9-8-10-16-29)22-35(34,37-31-17-11-13-25(4)27(31)6)38-32-18-12-14-26(5)28(32)7/h8-18,23-24,30,33H,19-22H2,1-7H3/t24-,30+,33-,34?/m1/s1. The maximum atomic E-state index is 7.37. The Morgan fingerprint density at radius 3 is 1.87 bits per heavy atom. The van der Waals surface area contributed by atoms with Crippen LogP contribution in [-0.4, -0.2) is 11.9 Å². The Bertz CT molecular complexity index is 1210. The quantitative estimate of drug-likeness (QED) is 0.282. The molecule has 0 saturated heterocycles. The molecular formula is C35H44O3. The molecule has 0 heterocycles. The lowest BCUT2D eigenvalue weighted by atomic mass is 9.75. The van der Waals surface area contributed by atoms with Gasteiger partial charge in [0.25, 0.3) is 5.79 Å². The highest BCUT2D eigenvalue weighted by atomic mass is 16.7. The van der Waals surface area contributed by atoms with Crippen molar-refractivity contribution in [1.29, 1.82) is 0 Å². The van der Waals surface area contributed by atoms with Crippen LogP contribution in [0.25, 0.3) is 0 Å². The van der Waals surface area contributed by atoms with E-state index < -0.39 is 11.4 Å². The minimum absolute atomic E-state index is 0.158. The van der Waals surface area contributed by atoms with Crippen molar-refractivity contribution < 1.29 is 14.2 Å². The molecule has 3 aromatic carbocycles. The summed E-state index contributed by atoms with van der Waals surface area (Å²) in [5, 5.41) is 0. The number of ether oxygens (including phenoxy) is 3. The number of hydrogen-bond donors (Lipinski definition) is 0. The van der Waals surface area contributed by atoms with Crippen LogP contribution in [0.2, 0.25) is 0 Å². The molecule has 2 saturated carbocycles. The van der Waals surface area contributed by atoms with Gasteiger partial charge in [-0.3, -0.25) is 0 Å². The number of hydrogen-bond acceptors (Lipinski definition) is 3. The molecule has 0 bridgehead atoms. The summed E-state index contributed by atoms with van der Waals surface area (Å²) in [7, 11) is 0. The largest absolute Gasteiger partial charge is 0.449 e. The van der Waals surface area contributed by atoms with Gasteiger partial charge in [-0.2, -0.15) is 0 Å². The Labute approximate surface area is 229 Å². The molecule has 2 aliphatic rings. The van der Waals surface area contributed by atoms with Crippen LogP contribution in [0.1, 0.15) is 74.3 Å². The monoisotopic (exact) mass is 512 g/mol. The fourth-order valence-corrected chi connectivity index (χ4v) is 6.30. The average Bonchev–Trinajstić information content (AvgIpc) is 3.51. The van der Waals surface area contributed by atoms with Gasteiger partial charge in [-0.1, -0.05) is 81.8 Å². The number of rotatable bonds is 8. The highest BCUT2D eigenvalue weighted by molar-refractivity contribution is 5.45. The first-order valence-corrected chi connectivity index (χ1v) is 14.4. The third kappa shape index (κ3) is 4.86. The molecule has 2 aliphatic carbocycles. The van der Waals surface area contributed by atoms with Crippen LogP contribution in [0.15, 0.2) is 66.7 Å². The molecule has 0 radical (unpaired) electrons. The second-order valence-electron chi connectivity index (χ2n) is 12.2. The summed E-state index contributed by atoms with van der Waals surface area (Å²) in [6, 6.07) is 23.1. The third-order valence-electron chi connectivity index (χ3n) is 9.19. The SMILES string of the molecule is Cc1cccc(OC2(Oc3cccc(C)c3C)CC2(O[C@@H]2C[C@H](C)CC[C@H]2C(C)C)c2ccccc2)c1C. The van der Waals surface area contributed by atoms with Gasteiger partial charge in [0.05, 0.1) is 12.5 Å². The van der Waals surface area contributed by atoms with E-state index >= 15 is 0 Å². The van der Waals surface area contributed by atoms with Crippen LogP contribution in [0, 0.1) is 45.4 Å². The van der Waals surface area contributed by atoms with Gasteiger partial charge in [0, 0.05) is 0 Å². The van der Waals surface area contributed by atoms with Gasteiger partial charge in [0.15, 0.2) is 5.60 Å². The van der Waals surface area contributed by atoms with Gasteiger partial charge in [0.2, 0.25) is 0 Å². The Morgan fingerprint density at radius 1 is 0.737 bits per heavy atom. The van der Waals surface area contributed by atoms with Crippen molar-refractivity contribution in [3.63, 3.8) is 0 Å². The highest BCUT2D eigenvalue weighted by Gasteiger charge is 2.77. The molecule has 202 valence electrons. The van der Waals surface area contributed by atoms with Crippen LogP contribution >= 0.6 is 0 Å². The summed E-state index contributed by atoms with van der Waals surface area (Å²) < 4.78 is 21.4. The maximum Gasteiger partial charge on any atom is 0.288 e. The van der Waals surface area contributed by atoms with Gasteiger partial charge in [-0.25, -0.2) is 0 Å². The molecule has 1 unspecified atom stereocenters. The van der Waals surface area contributed by atoms with Crippen molar-refractivity contribution >= 4 is 0 Å². The highest BCUT2D eigenvalue weighted by Crippen LogP contribution is 2.63. The molecule has 5 rings (SSSR count). The van der Waals surface area contributed by atoms with Crippen molar-refractivity contribution in [2.45, 2.75) is 91.6 Å². The second-order valence-corrected chi connectivity index (χ2v) is 12.2. The van der Waals surface area contributed by atoms with E-state index in [1.54, 1.807) is 0 Å². The molecule has 3 aromatic rings. The molecule has 0 amide bonds. The summed E-state index contributed by atoms with van der Waals surface area (Å²) in [6.07, 6.45) is 4.34. The van der Waals surface area contributed by atoms with E-state index in [2.05, 4.69) is 115 Å². The van der Waals surface area contributed by atoms with E-state index in [1.807, 2.05) is 0 Å². The van der Waals surface area contributed by atoms with Gasteiger partial charge in [-0.15, -0.1) is 0 Å². The van der Waals surface area contributed by atoms with Crippen LogP contribution in [-0.2, 0) is 10.3 Å². The first kappa shape index (κ1) is 26.8. The van der Waals surface area contributed by atoms with Crippen molar-refractivity contribution in [3.05, 3.63) is 94.5 Å². The Morgan fingerprint density at radius 2 is 1.32 bits per heavy atom. The van der Waals surface area contributed by atoms with E-state index in [0.29, 0.717) is 24.2 Å². The van der Waals surface area contributed by atoms with Crippen molar-refractivity contribution in [2.75, 3.05) is 0 Å². The molecule has 0 aliphatic heterocycles. The summed E-state index contributed by atoms with van der Waals surface area (Å²) in [5.41, 5.74) is 5.11. The van der Waals surface area contributed by atoms with Gasteiger partial charge >= 0.3 is 0 Å². The van der Waals surface area contributed by atoms with Gasteiger partial charge in [-0.05, 0) is 98.2 Å². The van der Waals surface area contributed by atoms with E-state index in [9.17, 15) is 0 Å². The number of aryl methyl sites for hydroxylation is 2. The first-order chi connectivity index (χ1) is 18.2. The normalized spacial score (nSPS) is 26.3. The predicted molar refractivity (Wildman–Crippen MR) is 155 cm³/mol. The zero-order valence-electron chi connectivity index (χ0n) is 24.2. The Balaban J connectivity index is 1.62. The van der Waals surface area contributed by atoms with Crippen molar-refractivity contribution in [3.8, 4) is 11.5 Å². The summed E-state index contributed by atoms with van der Waals surface area (Å²) in [4.78, 5) is 0. The fourth-order valence-electron chi connectivity index (χ4n) is 6.30. The molecule has 0 aromatic heterocycles. The molecular weight excluding hydrogens is 468 g/mol. The summed E-state index contributed by atoms with van der Waals surface area (Å²) in [5.74, 6) is 2.48. The average molecular weight is 513 g/mol. The molecule has 0 N–H and O–H groups in total. The third-order valence-corrected chi connectivity index (χ3v) is 9.19. The number of benzene rings is 3. The Hall–Kier alpha value is -2.78.